The Bertz CT molecular complexity index is 675. The second-order valence-electron chi connectivity index (χ2n) is 7.75. The first kappa shape index (κ1) is 16.7. The summed E-state index contributed by atoms with van der Waals surface area (Å²) in [4.78, 5) is 17.0. The van der Waals surface area contributed by atoms with E-state index in [-0.39, 0.29) is 0 Å². The minimum atomic E-state index is 0.347. The molecule has 0 unspecified atom stereocenters. The molecule has 136 valence electrons. The molecule has 5 heteroatoms. The SMILES string of the molecule is COc1cc2c(cc1OC)[C@@H]1CC[C@@H](N3C[C@H](C)CC3=O)CN1CC2. The highest BCUT2D eigenvalue weighted by Crippen LogP contribution is 2.42. The summed E-state index contributed by atoms with van der Waals surface area (Å²) in [6.07, 6.45) is 3.95. The van der Waals surface area contributed by atoms with Crippen LogP contribution in [0.25, 0.3) is 0 Å². The Morgan fingerprint density at radius 3 is 2.52 bits per heavy atom. The number of hydrogen-bond acceptors (Lipinski definition) is 4. The van der Waals surface area contributed by atoms with Crippen molar-refractivity contribution in [2.45, 2.75) is 44.7 Å². The van der Waals surface area contributed by atoms with E-state index in [1.54, 1.807) is 14.2 Å². The van der Waals surface area contributed by atoms with Crippen LogP contribution in [-0.2, 0) is 11.2 Å². The van der Waals surface area contributed by atoms with Crippen LogP contribution in [-0.4, -0.2) is 55.6 Å². The molecule has 4 rings (SSSR count). The Morgan fingerprint density at radius 2 is 1.84 bits per heavy atom. The molecule has 0 saturated carbocycles. The summed E-state index contributed by atoms with van der Waals surface area (Å²) < 4.78 is 11.0. The molecule has 3 atom stereocenters. The van der Waals surface area contributed by atoms with Crippen LogP contribution < -0.4 is 9.47 Å². The van der Waals surface area contributed by atoms with E-state index in [1.807, 2.05) is 0 Å². The van der Waals surface area contributed by atoms with Gasteiger partial charge in [0.15, 0.2) is 11.5 Å². The standard InChI is InChI=1S/C20H28N2O3/c1-13-8-20(23)22(11-13)15-4-5-17-16-10-19(25-3)18(24-2)9-14(16)6-7-21(17)12-15/h9-10,13,15,17H,4-8,11-12H2,1-3H3/t13-,15-,17+/m1/s1. The summed E-state index contributed by atoms with van der Waals surface area (Å²) in [6, 6.07) is 5.13. The second kappa shape index (κ2) is 6.52. The van der Waals surface area contributed by atoms with Gasteiger partial charge in [-0.25, -0.2) is 0 Å². The Hall–Kier alpha value is -1.75. The number of hydrogen-bond donors (Lipinski definition) is 0. The van der Waals surface area contributed by atoms with Gasteiger partial charge in [-0.15, -0.1) is 0 Å². The highest BCUT2D eigenvalue weighted by Gasteiger charge is 2.39. The fraction of sp³-hybridized carbons (Fsp3) is 0.650. The number of amides is 1. The van der Waals surface area contributed by atoms with Crippen LogP contribution in [0.1, 0.15) is 43.4 Å². The second-order valence-corrected chi connectivity index (χ2v) is 7.75. The van der Waals surface area contributed by atoms with Gasteiger partial charge in [0, 0.05) is 38.1 Å². The van der Waals surface area contributed by atoms with E-state index < -0.39 is 0 Å². The van der Waals surface area contributed by atoms with E-state index in [1.165, 1.54) is 11.1 Å². The summed E-state index contributed by atoms with van der Waals surface area (Å²) in [7, 11) is 3.39. The molecule has 2 saturated heterocycles. The molecule has 1 aromatic carbocycles. The van der Waals surface area contributed by atoms with Crippen molar-refractivity contribution in [2.24, 2.45) is 5.92 Å². The van der Waals surface area contributed by atoms with Gasteiger partial charge < -0.3 is 14.4 Å². The molecule has 5 nitrogen and oxygen atoms in total. The number of carbonyl (C=O) groups excluding carboxylic acids is 1. The molecule has 0 aliphatic carbocycles. The van der Waals surface area contributed by atoms with Gasteiger partial charge in [0.1, 0.15) is 0 Å². The molecular weight excluding hydrogens is 316 g/mol. The number of piperidine rings is 1. The zero-order valence-corrected chi connectivity index (χ0v) is 15.5. The fourth-order valence-electron chi connectivity index (χ4n) is 4.87. The molecule has 0 bridgehead atoms. The van der Waals surface area contributed by atoms with E-state index in [4.69, 9.17) is 9.47 Å². The van der Waals surface area contributed by atoms with E-state index in [0.29, 0.717) is 23.9 Å². The normalized spacial score (nSPS) is 29.3. The molecule has 0 aromatic heterocycles. The first-order valence-electron chi connectivity index (χ1n) is 9.39. The van der Waals surface area contributed by atoms with Crippen molar-refractivity contribution in [3.8, 4) is 11.5 Å². The van der Waals surface area contributed by atoms with Gasteiger partial charge in [-0.05, 0) is 48.4 Å². The molecule has 1 amide bonds. The quantitative estimate of drug-likeness (QED) is 0.845. The van der Waals surface area contributed by atoms with E-state index >= 15 is 0 Å². The lowest BCUT2D eigenvalue weighted by atomic mass is 9.85. The van der Waals surface area contributed by atoms with Gasteiger partial charge in [-0.1, -0.05) is 6.92 Å². The highest BCUT2D eigenvalue weighted by atomic mass is 16.5. The van der Waals surface area contributed by atoms with Crippen LogP contribution in [0.4, 0.5) is 0 Å². The van der Waals surface area contributed by atoms with Crippen molar-refractivity contribution < 1.29 is 14.3 Å². The van der Waals surface area contributed by atoms with Crippen molar-refractivity contribution >= 4 is 5.91 Å². The van der Waals surface area contributed by atoms with Gasteiger partial charge in [0.2, 0.25) is 5.91 Å². The molecule has 3 aliphatic heterocycles. The third-order valence-corrected chi connectivity index (χ3v) is 6.12. The predicted octanol–water partition coefficient (Wildman–Crippen LogP) is 2.63. The largest absolute Gasteiger partial charge is 0.493 e. The fourth-order valence-corrected chi connectivity index (χ4v) is 4.87. The maximum Gasteiger partial charge on any atom is 0.223 e. The van der Waals surface area contributed by atoms with E-state index in [0.717, 1.165) is 56.8 Å². The summed E-state index contributed by atoms with van der Waals surface area (Å²) in [6.45, 7) is 5.17. The van der Waals surface area contributed by atoms with Crippen LogP contribution >= 0.6 is 0 Å². The Labute approximate surface area is 149 Å². The first-order chi connectivity index (χ1) is 12.1. The van der Waals surface area contributed by atoms with Gasteiger partial charge in [-0.3, -0.25) is 9.69 Å². The van der Waals surface area contributed by atoms with Crippen LogP contribution in [0, 0.1) is 5.92 Å². The molecule has 3 heterocycles. The molecule has 3 aliphatic rings. The van der Waals surface area contributed by atoms with Crippen molar-refractivity contribution in [3.63, 3.8) is 0 Å². The highest BCUT2D eigenvalue weighted by molar-refractivity contribution is 5.79. The van der Waals surface area contributed by atoms with Crippen LogP contribution in [0.3, 0.4) is 0 Å². The third-order valence-electron chi connectivity index (χ3n) is 6.12. The van der Waals surface area contributed by atoms with Crippen LogP contribution in [0.5, 0.6) is 11.5 Å². The first-order valence-corrected chi connectivity index (χ1v) is 9.39. The van der Waals surface area contributed by atoms with Crippen molar-refractivity contribution in [1.29, 1.82) is 0 Å². The van der Waals surface area contributed by atoms with Gasteiger partial charge in [0.05, 0.1) is 14.2 Å². The van der Waals surface area contributed by atoms with Crippen LogP contribution in [0.15, 0.2) is 12.1 Å². The molecular formula is C20H28N2O3. The third kappa shape index (κ3) is 2.88. The average Bonchev–Trinajstić information content (AvgIpc) is 2.98. The van der Waals surface area contributed by atoms with E-state index in [9.17, 15) is 4.79 Å². The lowest BCUT2D eigenvalue weighted by Crippen LogP contribution is -2.51. The lowest BCUT2D eigenvalue weighted by Gasteiger charge is -2.46. The number of fused-ring (bicyclic) bond motifs is 3. The minimum Gasteiger partial charge on any atom is -0.493 e. The monoisotopic (exact) mass is 344 g/mol. The number of methoxy groups -OCH3 is 2. The molecule has 0 radical (unpaired) electrons. The number of benzene rings is 1. The minimum absolute atomic E-state index is 0.347. The number of carbonyl (C=O) groups is 1. The molecule has 0 N–H and O–H groups in total. The van der Waals surface area contributed by atoms with E-state index in [2.05, 4.69) is 28.9 Å². The van der Waals surface area contributed by atoms with Crippen molar-refractivity contribution in [3.05, 3.63) is 23.3 Å². The summed E-state index contributed by atoms with van der Waals surface area (Å²) in [5.74, 6) is 2.48. The topological polar surface area (TPSA) is 42.0 Å². The van der Waals surface area contributed by atoms with Crippen molar-refractivity contribution in [2.75, 3.05) is 33.9 Å². The Morgan fingerprint density at radius 1 is 1.08 bits per heavy atom. The maximum absolute atomic E-state index is 12.3. The lowest BCUT2D eigenvalue weighted by molar-refractivity contribution is -0.131. The molecule has 25 heavy (non-hydrogen) atoms. The summed E-state index contributed by atoms with van der Waals surface area (Å²) in [5, 5.41) is 0. The Balaban J connectivity index is 1.55. The van der Waals surface area contributed by atoms with Crippen LogP contribution in [0.2, 0.25) is 0 Å². The maximum atomic E-state index is 12.3. The average molecular weight is 344 g/mol. The molecule has 0 spiro atoms. The number of ether oxygens (including phenoxy) is 2. The van der Waals surface area contributed by atoms with Crippen molar-refractivity contribution in [1.82, 2.24) is 9.80 Å². The Kier molecular flexibility index (Phi) is 4.36. The molecule has 2 fully saturated rings. The zero-order chi connectivity index (χ0) is 17.6. The summed E-state index contributed by atoms with van der Waals surface area (Å²) >= 11 is 0. The van der Waals surface area contributed by atoms with Gasteiger partial charge >= 0.3 is 0 Å². The summed E-state index contributed by atoms with van der Waals surface area (Å²) in [5.41, 5.74) is 2.76. The zero-order valence-electron chi connectivity index (χ0n) is 15.5. The van der Waals surface area contributed by atoms with Gasteiger partial charge in [0.25, 0.3) is 0 Å². The smallest absolute Gasteiger partial charge is 0.223 e. The number of rotatable bonds is 3. The number of likely N-dealkylation sites (tertiary alicyclic amines) is 1. The predicted molar refractivity (Wildman–Crippen MR) is 96.1 cm³/mol. The molecule has 1 aromatic rings. The van der Waals surface area contributed by atoms with Gasteiger partial charge in [-0.2, -0.15) is 0 Å². The number of nitrogens with zero attached hydrogens (tertiary/aromatic N) is 2.